The Morgan fingerprint density at radius 1 is 1.57 bits per heavy atom. The minimum atomic E-state index is -0.363. The zero-order valence-corrected chi connectivity index (χ0v) is 8.53. The van der Waals surface area contributed by atoms with E-state index in [2.05, 4.69) is 5.10 Å². The zero-order chi connectivity index (χ0) is 10.6. The highest BCUT2D eigenvalue weighted by molar-refractivity contribution is 6.30. The van der Waals surface area contributed by atoms with Crippen LogP contribution in [0.4, 0.5) is 0 Å². The Kier molecular flexibility index (Phi) is 3.59. The summed E-state index contributed by atoms with van der Waals surface area (Å²) in [4.78, 5) is 0. The minimum absolute atomic E-state index is 0.241. The van der Waals surface area contributed by atoms with Crippen LogP contribution in [0.3, 0.4) is 0 Å². The van der Waals surface area contributed by atoms with Crippen LogP contribution in [-0.4, -0.2) is 11.9 Å². The maximum absolute atomic E-state index is 5.78. The Labute approximate surface area is 87.5 Å². The van der Waals surface area contributed by atoms with Gasteiger partial charge in [-0.2, -0.15) is 5.10 Å². The number of ether oxygens (including phenoxy) is 1. The first-order valence-electron chi connectivity index (χ1n) is 4.09. The summed E-state index contributed by atoms with van der Waals surface area (Å²) in [6.07, 6.45) is -0.363. The lowest BCUT2D eigenvalue weighted by Crippen LogP contribution is -2.32. The van der Waals surface area contributed by atoms with Crippen molar-refractivity contribution < 1.29 is 4.74 Å². The smallest absolute Gasteiger partial charge is 0.160 e. The third kappa shape index (κ3) is 2.81. The summed E-state index contributed by atoms with van der Waals surface area (Å²) in [6.45, 7) is 1.76. The zero-order valence-electron chi connectivity index (χ0n) is 7.77. The van der Waals surface area contributed by atoms with Gasteiger partial charge in [-0.1, -0.05) is 17.7 Å². The minimum Gasteiger partial charge on any atom is -0.483 e. The van der Waals surface area contributed by atoms with Crippen LogP contribution in [0.5, 0.6) is 5.75 Å². The SMILES string of the molecule is CC(Oc1cccc(Cl)c1)/C(N)=N/N. The molecule has 0 heterocycles. The quantitative estimate of drug-likeness (QED) is 0.344. The molecule has 1 unspecified atom stereocenters. The Morgan fingerprint density at radius 3 is 2.86 bits per heavy atom. The van der Waals surface area contributed by atoms with Crippen LogP contribution in [0.2, 0.25) is 5.02 Å². The van der Waals surface area contributed by atoms with Gasteiger partial charge in [-0.25, -0.2) is 0 Å². The molecular formula is C9H12ClN3O. The first-order chi connectivity index (χ1) is 6.63. The summed E-state index contributed by atoms with van der Waals surface area (Å²) < 4.78 is 5.43. The fraction of sp³-hybridized carbons (Fsp3) is 0.222. The monoisotopic (exact) mass is 213 g/mol. The second-order valence-electron chi connectivity index (χ2n) is 2.77. The summed E-state index contributed by atoms with van der Waals surface area (Å²) in [5.74, 6) is 5.89. The van der Waals surface area contributed by atoms with Crippen LogP contribution < -0.4 is 16.3 Å². The van der Waals surface area contributed by atoms with Crippen molar-refractivity contribution in [3.63, 3.8) is 0 Å². The molecule has 5 heteroatoms. The summed E-state index contributed by atoms with van der Waals surface area (Å²) in [5, 5.41) is 3.95. The molecule has 0 aliphatic carbocycles. The number of nitrogens with two attached hydrogens (primary N) is 2. The fourth-order valence-electron chi connectivity index (χ4n) is 0.910. The molecule has 4 N–H and O–H groups in total. The van der Waals surface area contributed by atoms with E-state index < -0.39 is 0 Å². The summed E-state index contributed by atoms with van der Waals surface area (Å²) in [7, 11) is 0. The number of rotatable bonds is 3. The molecule has 0 bridgehead atoms. The number of benzene rings is 1. The molecule has 1 aromatic rings. The molecule has 0 spiro atoms. The number of hydrogen-bond acceptors (Lipinski definition) is 3. The van der Waals surface area contributed by atoms with Crippen molar-refractivity contribution >= 4 is 17.4 Å². The molecule has 0 radical (unpaired) electrons. The first-order valence-corrected chi connectivity index (χ1v) is 4.46. The van der Waals surface area contributed by atoms with Crippen molar-refractivity contribution in [3.8, 4) is 5.75 Å². The predicted octanol–water partition coefficient (Wildman–Crippen LogP) is 1.34. The van der Waals surface area contributed by atoms with Gasteiger partial charge in [0.25, 0.3) is 0 Å². The van der Waals surface area contributed by atoms with Crippen LogP contribution in [0.25, 0.3) is 0 Å². The van der Waals surface area contributed by atoms with Gasteiger partial charge in [0.2, 0.25) is 0 Å². The van der Waals surface area contributed by atoms with E-state index >= 15 is 0 Å². The number of amidine groups is 1. The summed E-state index contributed by atoms with van der Waals surface area (Å²) in [5.41, 5.74) is 5.47. The Hall–Kier alpha value is -1.42. The molecule has 1 atom stereocenters. The third-order valence-electron chi connectivity index (χ3n) is 1.67. The maximum Gasteiger partial charge on any atom is 0.160 e. The number of hydrazone groups is 1. The van der Waals surface area contributed by atoms with Crippen molar-refractivity contribution in [1.82, 2.24) is 0 Å². The van der Waals surface area contributed by atoms with E-state index in [4.69, 9.17) is 27.9 Å². The second-order valence-corrected chi connectivity index (χ2v) is 3.21. The van der Waals surface area contributed by atoms with Gasteiger partial charge in [0, 0.05) is 5.02 Å². The molecule has 14 heavy (non-hydrogen) atoms. The van der Waals surface area contributed by atoms with Crippen LogP contribution in [-0.2, 0) is 0 Å². The van der Waals surface area contributed by atoms with Crippen molar-refractivity contribution in [2.24, 2.45) is 16.7 Å². The molecule has 76 valence electrons. The van der Waals surface area contributed by atoms with Gasteiger partial charge < -0.3 is 16.3 Å². The van der Waals surface area contributed by atoms with Gasteiger partial charge in [0.15, 0.2) is 11.9 Å². The van der Waals surface area contributed by atoms with Gasteiger partial charge in [0.1, 0.15) is 5.75 Å². The highest BCUT2D eigenvalue weighted by Gasteiger charge is 2.08. The largest absolute Gasteiger partial charge is 0.483 e. The summed E-state index contributed by atoms with van der Waals surface area (Å²) >= 11 is 5.78. The van der Waals surface area contributed by atoms with Gasteiger partial charge in [-0.3, -0.25) is 0 Å². The molecule has 0 amide bonds. The molecule has 4 nitrogen and oxygen atoms in total. The molecule has 0 aliphatic rings. The van der Waals surface area contributed by atoms with E-state index in [1.54, 1.807) is 31.2 Å². The van der Waals surface area contributed by atoms with Crippen LogP contribution in [0, 0.1) is 0 Å². The molecule has 1 rings (SSSR count). The fourth-order valence-corrected chi connectivity index (χ4v) is 1.09. The van der Waals surface area contributed by atoms with Crippen LogP contribution in [0.1, 0.15) is 6.92 Å². The molecule has 0 fully saturated rings. The van der Waals surface area contributed by atoms with Crippen molar-refractivity contribution in [1.29, 1.82) is 0 Å². The van der Waals surface area contributed by atoms with Gasteiger partial charge in [-0.05, 0) is 25.1 Å². The van der Waals surface area contributed by atoms with Gasteiger partial charge >= 0.3 is 0 Å². The molecular weight excluding hydrogens is 202 g/mol. The molecule has 0 saturated heterocycles. The van der Waals surface area contributed by atoms with E-state index in [-0.39, 0.29) is 11.9 Å². The average molecular weight is 214 g/mol. The Bertz CT molecular complexity index is 341. The standard InChI is InChI=1S/C9H12ClN3O/c1-6(9(11)13-12)14-8-4-2-3-7(10)5-8/h2-6H,12H2,1H3,(H2,11,13). The first kappa shape index (κ1) is 10.7. The van der Waals surface area contributed by atoms with E-state index in [1.807, 2.05) is 0 Å². The Morgan fingerprint density at radius 2 is 2.29 bits per heavy atom. The van der Waals surface area contributed by atoms with E-state index in [0.29, 0.717) is 10.8 Å². The van der Waals surface area contributed by atoms with E-state index in [0.717, 1.165) is 0 Å². The molecule has 0 saturated carbocycles. The lowest BCUT2D eigenvalue weighted by atomic mass is 10.3. The molecule has 1 aromatic carbocycles. The maximum atomic E-state index is 5.78. The molecule has 0 aliphatic heterocycles. The van der Waals surface area contributed by atoms with Gasteiger partial charge in [-0.15, -0.1) is 0 Å². The van der Waals surface area contributed by atoms with Crippen molar-refractivity contribution in [2.45, 2.75) is 13.0 Å². The molecule has 0 aromatic heterocycles. The number of halogens is 1. The van der Waals surface area contributed by atoms with Crippen LogP contribution >= 0.6 is 11.6 Å². The van der Waals surface area contributed by atoms with E-state index in [9.17, 15) is 0 Å². The van der Waals surface area contributed by atoms with Crippen molar-refractivity contribution in [2.75, 3.05) is 0 Å². The third-order valence-corrected chi connectivity index (χ3v) is 1.91. The number of nitrogens with zero attached hydrogens (tertiary/aromatic N) is 1. The van der Waals surface area contributed by atoms with Crippen molar-refractivity contribution in [3.05, 3.63) is 29.3 Å². The lowest BCUT2D eigenvalue weighted by molar-refractivity contribution is 0.285. The Balaban J connectivity index is 2.69. The number of hydrogen-bond donors (Lipinski definition) is 2. The normalized spacial score (nSPS) is 13.7. The average Bonchev–Trinajstić information content (AvgIpc) is 2.16. The van der Waals surface area contributed by atoms with E-state index in [1.165, 1.54) is 0 Å². The van der Waals surface area contributed by atoms with Crippen LogP contribution in [0.15, 0.2) is 29.4 Å². The predicted molar refractivity (Wildman–Crippen MR) is 57.4 cm³/mol. The highest BCUT2D eigenvalue weighted by atomic mass is 35.5. The highest BCUT2D eigenvalue weighted by Crippen LogP contribution is 2.18. The summed E-state index contributed by atoms with van der Waals surface area (Å²) in [6, 6.07) is 7.04. The lowest BCUT2D eigenvalue weighted by Gasteiger charge is -2.13. The van der Waals surface area contributed by atoms with Gasteiger partial charge in [0.05, 0.1) is 0 Å². The second kappa shape index (κ2) is 4.72. The topological polar surface area (TPSA) is 73.6 Å².